The number of anilines is 1. The minimum Gasteiger partial charge on any atom is -0.387 e. The maximum atomic E-state index is 11.2. The van der Waals surface area contributed by atoms with Gasteiger partial charge in [-0.15, -0.1) is 0 Å². The molecular formula is C20H28N2O3S. The Hall–Kier alpha value is -1.89. The summed E-state index contributed by atoms with van der Waals surface area (Å²) in [5.74, 6) is 0. The number of nitrogens with one attached hydrogen (secondary N) is 2. The van der Waals surface area contributed by atoms with Crippen molar-refractivity contribution < 1.29 is 13.5 Å². The minimum atomic E-state index is -3.25. The van der Waals surface area contributed by atoms with Gasteiger partial charge in [-0.25, -0.2) is 8.42 Å². The number of aliphatic hydroxyl groups excluding tert-OH is 1. The summed E-state index contributed by atoms with van der Waals surface area (Å²) in [5, 5.41) is 13.7. The van der Waals surface area contributed by atoms with Gasteiger partial charge in [-0.2, -0.15) is 0 Å². The first-order valence-corrected chi connectivity index (χ1v) is 10.6. The van der Waals surface area contributed by atoms with E-state index in [1.165, 1.54) is 0 Å². The van der Waals surface area contributed by atoms with Crippen molar-refractivity contribution in [3.63, 3.8) is 0 Å². The molecule has 0 aliphatic rings. The largest absolute Gasteiger partial charge is 0.387 e. The zero-order chi connectivity index (χ0) is 19.2. The molecule has 1 atom stereocenters. The lowest BCUT2D eigenvalue weighted by molar-refractivity contribution is 0.159. The molecule has 0 radical (unpaired) electrons. The molecule has 2 rings (SSSR count). The highest BCUT2D eigenvalue weighted by atomic mass is 32.2. The maximum absolute atomic E-state index is 11.2. The van der Waals surface area contributed by atoms with Crippen LogP contribution in [0, 0.1) is 0 Å². The summed E-state index contributed by atoms with van der Waals surface area (Å²) in [4.78, 5) is 0. The third-order valence-corrected chi connectivity index (χ3v) is 4.86. The van der Waals surface area contributed by atoms with Gasteiger partial charge in [0.05, 0.1) is 12.4 Å². The van der Waals surface area contributed by atoms with E-state index in [1.807, 2.05) is 42.5 Å². The van der Waals surface area contributed by atoms with E-state index in [4.69, 9.17) is 0 Å². The summed E-state index contributed by atoms with van der Waals surface area (Å²) in [5.41, 5.74) is 2.49. The van der Waals surface area contributed by atoms with Crippen LogP contribution in [-0.2, 0) is 16.4 Å². The second-order valence-electron chi connectivity index (χ2n) is 7.26. The highest BCUT2D eigenvalue weighted by Gasteiger charge is 2.19. The first-order valence-electron chi connectivity index (χ1n) is 8.69. The average molecular weight is 377 g/mol. The molecule has 0 heterocycles. The topological polar surface area (TPSA) is 78.4 Å². The SMILES string of the molecule is CC(C)(CCc1ccc(NS(C)(=O)=O)cc1)NCC(O)c1ccccc1. The number of sulfonamides is 1. The van der Waals surface area contributed by atoms with Crippen molar-refractivity contribution in [2.24, 2.45) is 0 Å². The first kappa shape index (κ1) is 20.4. The summed E-state index contributed by atoms with van der Waals surface area (Å²) in [6.07, 6.45) is 2.37. The third-order valence-electron chi connectivity index (χ3n) is 4.25. The molecule has 2 aromatic carbocycles. The fourth-order valence-electron chi connectivity index (χ4n) is 2.66. The normalized spacial score (nSPS) is 13.4. The fourth-order valence-corrected chi connectivity index (χ4v) is 3.23. The van der Waals surface area contributed by atoms with Crippen LogP contribution in [0.4, 0.5) is 5.69 Å². The lowest BCUT2D eigenvalue weighted by Crippen LogP contribution is -2.41. The van der Waals surface area contributed by atoms with E-state index in [1.54, 1.807) is 12.1 Å². The van der Waals surface area contributed by atoms with Gasteiger partial charge < -0.3 is 10.4 Å². The maximum Gasteiger partial charge on any atom is 0.229 e. The highest BCUT2D eigenvalue weighted by molar-refractivity contribution is 7.92. The van der Waals surface area contributed by atoms with Gasteiger partial charge in [0.1, 0.15) is 0 Å². The molecule has 0 aromatic heterocycles. The van der Waals surface area contributed by atoms with Crippen molar-refractivity contribution in [3.05, 3.63) is 65.7 Å². The molecule has 0 aliphatic carbocycles. The van der Waals surface area contributed by atoms with E-state index in [2.05, 4.69) is 23.9 Å². The molecule has 0 fully saturated rings. The third kappa shape index (κ3) is 7.15. The zero-order valence-electron chi connectivity index (χ0n) is 15.6. The number of aryl methyl sites for hydroxylation is 1. The Balaban J connectivity index is 1.83. The molecule has 0 saturated heterocycles. The summed E-state index contributed by atoms with van der Waals surface area (Å²) in [7, 11) is -3.25. The number of rotatable bonds is 9. The highest BCUT2D eigenvalue weighted by Crippen LogP contribution is 2.18. The molecule has 1 unspecified atom stereocenters. The quantitative estimate of drug-likeness (QED) is 0.628. The Morgan fingerprint density at radius 2 is 1.65 bits per heavy atom. The van der Waals surface area contributed by atoms with Gasteiger partial charge >= 0.3 is 0 Å². The summed E-state index contributed by atoms with van der Waals surface area (Å²) in [6, 6.07) is 17.0. The van der Waals surface area contributed by atoms with Gasteiger partial charge in [-0.1, -0.05) is 42.5 Å². The molecule has 0 amide bonds. The molecule has 26 heavy (non-hydrogen) atoms. The molecule has 0 saturated carbocycles. The second-order valence-corrected chi connectivity index (χ2v) is 9.01. The number of benzene rings is 2. The van der Waals surface area contributed by atoms with Crippen LogP contribution in [0.5, 0.6) is 0 Å². The molecule has 2 aromatic rings. The monoisotopic (exact) mass is 376 g/mol. The predicted octanol–water partition coefficient (Wildman–Crippen LogP) is 3.09. The van der Waals surface area contributed by atoms with E-state index < -0.39 is 16.1 Å². The van der Waals surface area contributed by atoms with E-state index in [9.17, 15) is 13.5 Å². The van der Waals surface area contributed by atoms with Gasteiger partial charge in [0, 0.05) is 17.8 Å². The molecule has 5 nitrogen and oxygen atoms in total. The Labute approximate surface area is 156 Å². The zero-order valence-corrected chi connectivity index (χ0v) is 16.4. The van der Waals surface area contributed by atoms with Crippen LogP contribution in [0.3, 0.4) is 0 Å². The van der Waals surface area contributed by atoms with Crippen LogP contribution < -0.4 is 10.0 Å². The Morgan fingerprint density at radius 1 is 1.04 bits per heavy atom. The lowest BCUT2D eigenvalue weighted by Gasteiger charge is -2.28. The molecule has 142 valence electrons. The number of hydrogen-bond donors (Lipinski definition) is 3. The first-order chi connectivity index (χ1) is 12.1. The number of β-amino-alcohol motifs (C(OH)–C–C–N with tert-alkyl or cyclic N) is 1. The summed E-state index contributed by atoms with van der Waals surface area (Å²) < 4.78 is 24.9. The summed E-state index contributed by atoms with van der Waals surface area (Å²) in [6.45, 7) is 4.73. The summed E-state index contributed by atoms with van der Waals surface area (Å²) >= 11 is 0. The molecule has 0 spiro atoms. The Bertz CT molecular complexity index is 788. The van der Waals surface area contributed by atoms with Crippen LogP contribution >= 0.6 is 0 Å². The molecule has 6 heteroatoms. The smallest absolute Gasteiger partial charge is 0.229 e. The Morgan fingerprint density at radius 3 is 2.23 bits per heavy atom. The fraction of sp³-hybridized carbons (Fsp3) is 0.400. The number of hydrogen-bond acceptors (Lipinski definition) is 4. The van der Waals surface area contributed by atoms with Crippen molar-refractivity contribution in [2.75, 3.05) is 17.5 Å². The van der Waals surface area contributed by atoms with Crippen molar-refractivity contribution in [1.82, 2.24) is 5.32 Å². The van der Waals surface area contributed by atoms with Crippen molar-refractivity contribution in [1.29, 1.82) is 0 Å². The predicted molar refractivity (Wildman–Crippen MR) is 107 cm³/mol. The van der Waals surface area contributed by atoms with Crippen LogP contribution in [0.1, 0.15) is 37.5 Å². The van der Waals surface area contributed by atoms with Crippen LogP contribution in [0.2, 0.25) is 0 Å². The number of aliphatic hydroxyl groups is 1. The van der Waals surface area contributed by atoms with Crippen LogP contribution in [-0.4, -0.2) is 31.9 Å². The van der Waals surface area contributed by atoms with Gasteiger partial charge in [0.2, 0.25) is 10.0 Å². The van der Waals surface area contributed by atoms with Crippen molar-refractivity contribution in [2.45, 2.75) is 38.3 Å². The van der Waals surface area contributed by atoms with Gasteiger partial charge in [-0.05, 0) is 49.9 Å². The molecular weight excluding hydrogens is 348 g/mol. The Kier molecular flexibility index (Phi) is 6.81. The second kappa shape index (κ2) is 8.66. The molecule has 0 aliphatic heterocycles. The van der Waals surface area contributed by atoms with E-state index in [0.717, 1.165) is 30.2 Å². The van der Waals surface area contributed by atoms with Crippen LogP contribution in [0.15, 0.2) is 54.6 Å². The average Bonchev–Trinajstić information content (AvgIpc) is 2.59. The standard InChI is InChI=1S/C20H28N2O3S/c1-20(2,21-15-19(23)17-7-5-4-6-8-17)14-13-16-9-11-18(12-10-16)22-26(3,24)25/h4-12,19,21-23H,13-15H2,1-3H3. The molecule has 0 bridgehead atoms. The van der Waals surface area contributed by atoms with Gasteiger partial charge in [-0.3, -0.25) is 4.72 Å². The van der Waals surface area contributed by atoms with Gasteiger partial charge in [0.25, 0.3) is 0 Å². The lowest BCUT2D eigenvalue weighted by atomic mass is 9.94. The van der Waals surface area contributed by atoms with E-state index in [0.29, 0.717) is 12.2 Å². The van der Waals surface area contributed by atoms with Crippen molar-refractivity contribution in [3.8, 4) is 0 Å². The minimum absolute atomic E-state index is 0.126. The molecule has 3 N–H and O–H groups in total. The van der Waals surface area contributed by atoms with E-state index in [-0.39, 0.29) is 5.54 Å². The van der Waals surface area contributed by atoms with Crippen LogP contribution in [0.25, 0.3) is 0 Å². The van der Waals surface area contributed by atoms with E-state index >= 15 is 0 Å². The van der Waals surface area contributed by atoms with Crippen molar-refractivity contribution >= 4 is 15.7 Å². The van der Waals surface area contributed by atoms with Gasteiger partial charge in [0.15, 0.2) is 0 Å².